The van der Waals surface area contributed by atoms with Crippen molar-refractivity contribution in [3.05, 3.63) is 27.3 Å². The Labute approximate surface area is 127 Å². The number of carbonyl (C=O) groups is 1. The molecule has 5 heteroatoms. The summed E-state index contributed by atoms with van der Waals surface area (Å²) in [5.74, 6) is -0.205. The van der Waals surface area contributed by atoms with Crippen molar-refractivity contribution in [2.24, 2.45) is 5.41 Å². The molecule has 0 fully saturated rings. The van der Waals surface area contributed by atoms with E-state index in [-0.39, 0.29) is 23.6 Å². The van der Waals surface area contributed by atoms with Crippen molar-refractivity contribution in [3.63, 3.8) is 0 Å². The number of aliphatic hydroxyl groups is 1. The van der Waals surface area contributed by atoms with Gasteiger partial charge in [0.15, 0.2) is 0 Å². The van der Waals surface area contributed by atoms with E-state index in [9.17, 15) is 15.0 Å². The smallest absolute Gasteiger partial charge is 0.251 e. The van der Waals surface area contributed by atoms with Gasteiger partial charge in [0.1, 0.15) is 5.75 Å². The summed E-state index contributed by atoms with van der Waals surface area (Å²) in [5, 5.41) is 22.0. The number of aromatic hydroxyl groups is 1. The highest BCUT2D eigenvalue weighted by atomic mass is 127. The lowest BCUT2D eigenvalue weighted by molar-refractivity contribution is 0.0868. The Hall–Kier alpha value is -0.820. The Kier molecular flexibility index (Phi) is 5.61. The summed E-state index contributed by atoms with van der Waals surface area (Å²) in [7, 11) is 0. The molecule has 19 heavy (non-hydrogen) atoms. The minimum Gasteiger partial charge on any atom is -0.507 e. The fourth-order valence-corrected chi connectivity index (χ4v) is 2.08. The first-order valence-electron chi connectivity index (χ1n) is 6.14. The second-order valence-electron chi connectivity index (χ2n) is 5.79. The largest absolute Gasteiger partial charge is 0.507 e. The second kappa shape index (κ2) is 6.56. The molecule has 1 rings (SSSR count). The van der Waals surface area contributed by atoms with E-state index in [1.807, 2.05) is 43.4 Å². The maximum absolute atomic E-state index is 11.8. The molecule has 0 saturated heterocycles. The zero-order valence-corrected chi connectivity index (χ0v) is 13.6. The van der Waals surface area contributed by atoms with Gasteiger partial charge < -0.3 is 15.5 Å². The highest BCUT2D eigenvalue weighted by molar-refractivity contribution is 14.1. The van der Waals surface area contributed by atoms with Crippen LogP contribution in [-0.2, 0) is 0 Å². The summed E-state index contributed by atoms with van der Waals surface area (Å²) in [5.41, 5.74) is 0.409. The number of hydrogen-bond acceptors (Lipinski definition) is 3. The molecular weight excluding hydrogens is 357 g/mol. The van der Waals surface area contributed by atoms with Crippen molar-refractivity contribution in [2.45, 2.75) is 33.3 Å². The SMILES string of the molecule is CC(C)(C)CC(O)CNC(=O)c1ccc(I)c(O)c1. The molecule has 0 spiro atoms. The van der Waals surface area contributed by atoms with Crippen LogP contribution in [0.3, 0.4) is 0 Å². The molecule has 0 radical (unpaired) electrons. The van der Waals surface area contributed by atoms with E-state index in [2.05, 4.69) is 5.32 Å². The lowest BCUT2D eigenvalue weighted by atomic mass is 9.89. The van der Waals surface area contributed by atoms with Gasteiger partial charge in [0.2, 0.25) is 0 Å². The number of hydrogen-bond donors (Lipinski definition) is 3. The van der Waals surface area contributed by atoms with Gasteiger partial charge in [-0.3, -0.25) is 4.79 Å². The minimum absolute atomic E-state index is 0.0191. The van der Waals surface area contributed by atoms with Gasteiger partial charge in [0, 0.05) is 12.1 Å². The van der Waals surface area contributed by atoms with Crippen molar-refractivity contribution in [3.8, 4) is 5.75 Å². The molecule has 1 unspecified atom stereocenters. The van der Waals surface area contributed by atoms with Crippen LogP contribution in [0.5, 0.6) is 5.75 Å². The summed E-state index contributed by atoms with van der Waals surface area (Å²) in [6.07, 6.45) is 0.0481. The lowest BCUT2D eigenvalue weighted by Gasteiger charge is -2.22. The lowest BCUT2D eigenvalue weighted by Crippen LogP contribution is -2.34. The Balaban J connectivity index is 2.53. The quantitative estimate of drug-likeness (QED) is 0.707. The topological polar surface area (TPSA) is 69.6 Å². The normalized spacial score (nSPS) is 13.1. The van der Waals surface area contributed by atoms with E-state index < -0.39 is 6.10 Å². The molecule has 4 nitrogen and oxygen atoms in total. The number of amides is 1. The molecule has 0 aliphatic carbocycles. The van der Waals surface area contributed by atoms with Crippen LogP contribution in [0.2, 0.25) is 0 Å². The number of phenolic OH excluding ortho intramolecular Hbond substituents is 1. The van der Waals surface area contributed by atoms with Crippen LogP contribution in [0.25, 0.3) is 0 Å². The maximum Gasteiger partial charge on any atom is 0.251 e. The number of aliphatic hydroxyl groups excluding tert-OH is 1. The van der Waals surface area contributed by atoms with Gasteiger partial charge >= 0.3 is 0 Å². The van der Waals surface area contributed by atoms with Gasteiger partial charge in [-0.2, -0.15) is 0 Å². The molecule has 0 saturated carbocycles. The summed E-state index contributed by atoms with van der Waals surface area (Å²) in [4.78, 5) is 11.8. The third-order valence-electron chi connectivity index (χ3n) is 2.55. The Bertz CT molecular complexity index is 454. The standard InChI is InChI=1S/C14H20INO3/c1-14(2,3)7-10(17)8-16-13(19)9-4-5-11(15)12(18)6-9/h4-6,10,17-18H,7-8H2,1-3H3,(H,16,19). The highest BCUT2D eigenvalue weighted by Gasteiger charge is 2.17. The zero-order valence-electron chi connectivity index (χ0n) is 11.4. The summed E-state index contributed by atoms with van der Waals surface area (Å²) >= 11 is 1.99. The van der Waals surface area contributed by atoms with Gasteiger partial charge in [-0.05, 0) is 52.6 Å². The van der Waals surface area contributed by atoms with E-state index in [4.69, 9.17) is 0 Å². The first-order chi connectivity index (χ1) is 8.69. The Morgan fingerprint density at radius 3 is 2.58 bits per heavy atom. The van der Waals surface area contributed by atoms with Crippen LogP contribution in [-0.4, -0.2) is 28.8 Å². The molecule has 0 aliphatic rings. The zero-order chi connectivity index (χ0) is 14.6. The van der Waals surface area contributed by atoms with Crippen LogP contribution in [0.4, 0.5) is 0 Å². The molecule has 1 aromatic rings. The van der Waals surface area contributed by atoms with Crippen LogP contribution in [0.1, 0.15) is 37.6 Å². The summed E-state index contributed by atoms with van der Waals surface area (Å²) in [6.45, 7) is 6.32. The molecule has 1 atom stereocenters. The third kappa shape index (κ3) is 5.78. The predicted octanol–water partition coefficient (Wildman–Crippen LogP) is 2.52. The number of rotatable bonds is 4. The van der Waals surface area contributed by atoms with E-state index >= 15 is 0 Å². The van der Waals surface area contributed by atoms with Crippen molar-refractivity contribution < 1.29 is 15.0 Å². The van der Waals surface area contributed by atoms with Gasteiger partial charge in [-0.25, -0.2) is 0 Å². The van der Waals surface area contributed by atoms with Crippen molar-refractivity contribution in [1.82, 2.24) is 5.32 Å². The predicted molar refractivity (Wildman–Crippen MR) is 83.2 cm³/mol. The number of halogens is 1. The fourth-order valence-electron chi connectivity index (χ4n) is 1.75. The van der Waals surface area contributed by atoms with Crippen LogP contribution >= 0.6 is 22.6 Å². The molecule has 1 aromatic carbocycles. The van der Waals surface area contributed by atoms with Crippen LogP contribution in [0.15, 0.2) is 18.2 Å². The molecule has 3 N–H and O–H groups in total. The Morgan fingerprint density at radius 2 is 2.05 bits per heavy atom. The van der Waals surface area contributed by atoms with Gasteiger partial charge in [-0.1, -0.05) is 20.8 Å². The van der Waals surface area contributed by atoms with Crippen molar-refractivity contribution >= 4 is 28.5 Å². The first-order valence-corrected chi connectivity index (χ1v) is 7.22. The minimum atomic E-state index is -0.568. The molecule has 106 valence electrons. The van der Waals surface area contributed by atoms with E-state index in [0.717, 1.165) is 0 Å². The summed E-state index contributed by atoms with van der Waals surface area (Å²) < 4.78 is 0.696. The fraction of sp³-hybridized carbons (Fsp3) is 0.500. The number of nitrogens with one attached hydrogen (secondary N) is 1. The van der Waals surface area contributed by atoms with Gasteiger partial charge in [0.05, 0.1) is 9.67 Å². The second-order valence-corrected chi connectivity index (χ2v) is 6.96. The molecule has 0 bridgehead atoms. The van der Waals surface area contributed by atoms with E-state index in [1.165, 1.54) is 6.07 Å². The average Bonchev–Trinajstić information content (AvgIpc) is 2.27. The van der Waals surface area contributed by atoms with E-state index in [0.29, 0.717) is 15.6 Å². The molecule has 0 heterocycles. The highest BCUT2D eigenvalue weighted by Crippen LogP contribution is 2.21. The van der Waals surface area contributed by atoms with Gasteiger partial charge in [-0.15, -0.1) is 0 Å². The molecule has 1 amide bonds. The Morgan fingerprint density at radius 1 is 1.42 bits per heavy atom. The number of phenols is 1. The van der Waals surface area contributed by atoms with Crippen molar-refractivity contribution in [1.29, 1.82) is 0 Å². The monoisotopic (exact) mass is 377 g/mol. The van der Waals surface area contributed by atoms with Gasteiger partial charge in [0.25, 0.3) is 5.91 Å². The van der Waals surface area contributed by atoms with Crippen LogP contribution < -0.4 is 5.32 Å². The summed E-state index contributed by atoms with van der Waals surface area (Å²) in [6, 6.07) is 4.75. The first kappa shape index (κ1) is 16.2. The van der Waals surface area contributed by atoms with Crippen molar-refractivity contribution in [2.75, 3.05) is 6.54 Å². The number of benzene rings is 1. The van der Waals surface area contributed by atoms with Crippen LogP contribution in [0, 0.1) is 8.99 Å². The third-order valence-corrected chi connectivity index (χ3v) is 3.47. The average molecular weight is 377 g/mol. The van der Waals surface area contributed by atoms with E-state index in [1.54, 1.807) is 12.1 Å². The maximum atomic E-state index is 11.8. The molecule has 0 aromatic heterocycles. The molecular formula is C14H20INO3. The molecule has 0 aliphatic heterocycles. The number of carbonyl (C=O) groups excluding carboxylic acids is 1.